The summed E-state index contributed by atoms with van der Waals surface area (Å²) < 4.78 is 20.9. The van der Waals surface area contributed by atoms with E-state index < -0.39 is 74.6 Å². The first-order chi connectivity index (χ1) is 11.8. The van der Waals surface area contributed by atoms with Gasteiger partial charge < -0.3 is 49.6 Å². The molecule has 12 heteroatoms. The summed E-state index contributed by atoms with van der Waals surface area (Å²) in [5, 5.41) is 67.4. The number of hydrogen-bond donors (Lipinski definition) is 7. The molecule has 2 rings (SSSR count). The average molecular weight is 372 g/mol. The van der Waals surface area contributed by atoms with E-state index in [0.29, 0.717) is 0 Å². The second-order valence-corrected chi connectivity index (χ2v) is 5.85. The topological polar surface area (TPSA) is 188 Å². The predicted octanol–water partition coefficient (Wildman–Crippen LogP) is -4.25. The van der Waals surface area contributed by atoms with Crippen LogP contribution in [0.5, 0.6) is 0 Å². The molecule has 0 amide bonds. The van der Waals surface area contributed by atoms with Gasteiger partial charge in [0.05, 0.1) is 6.61 Å². The predicted molar refractivity (Wildman–Crippen MR) is 74.9 cm³/mol. The van der Waals surface area contributed by atoms with Crippen LogP contribution in [-0.4, -0.2) is 118 Å². The minimum Gasteiger partial charge on any atom is -0.394 e. The zero-order chi connectivity index (χ0) is 18.7. The molecular weight excluding hydrogens is 348 g/mol. The van der Waals surface area contributed by atoms with Crippen LogP contribution in [0.3, 0.4) is 0 Å². The highest BCUT2D eigenvalue weighted by molar-refractivity contribution is 4.93. The molecule has 2 fully saturated rings. The van der Waals surface area contributed by atoms with Crippen molar-refractivity contribution in [3.05, 3.63) is 0 Å². The molecule has 0 aliphatic carbocycles. The smallest absolute Gasteiger partial charge is 0.187 e. The number of hydrogen-bond acceptors (Lipinski definition) is 12. The summed E-state index contributed by atoms with van der Waals surface area (Å²) in [4.78, 5) is 3.90. The third-order valence-corrected chi connectivity index (χ3v) is 4.26. The quantitative estimate of drug-likeness (QED) is 0.176. The number of rotatable bonds is 6. The van der Waals surface area contributed by atoms with Gasteiger partial charge in [0.15, 0.2) is 12.6 Å². The molecule has 2 aliphatic heterocycles. The van der Waals surface area contributed by atoms with Gasteiger partial charge in [-0.05, 0) is 0 Å². The summed E-state index contributed by atoms with van der Waals surface area (Å²) >= 11 is 0. The molecule has 7 N–H and O–H groups in total. The van der Waals surface area contributed by atoms with Crippen LogP contribution >= 0.6 is 0 Å². The molecule has 12 nitrogen and oxygen atoms in total. The maximum atomic E-state index is 10.2. The van der Waals surface area contributed by atoms with E-state index >= 15 is 0 Å². The Balaban J connectivity index is 2.11. The summed E-state index contributed by atoms with van der Waals surface area (Å²) in [6, 6.07) is 0. The number of aliphatic hydroxyl groups excluding tert-OH is 6. The molecule has 0 aromatic heterocycles. The standard InChI is InChI=1S/C13H24O12/c1-21-13-11(9(18)7(16)5(24-13)3-22-20)25-12-10(19)8(17)6(15)4(2-14)23-12/h4-20H,2-3H2,1H3. The lowest BCUT2D eigenvalue weighted by atomic mass is 9.97. The third-order valence-electron chi connectivity index (χ3n) is 4.26. The average Bonchev–Trinajstić information content (AvgIpc) is 2.61. The largest absolute Gasteiger partial charge is 0.394 e. The van der Waals surface area contributed by atoms with Gasteiger partial charge in [-0.25, -0.2) is 4.89 Å². The van der Waals surface area contributed by atoms with Gasteiger partial charge in [0, 0.05) is 7.11 Å². The molecule has 0 bridgehead atoms. The molecule has 0 radical (unpaired) electrons. The van der Waals surface area contributed by atoms with Gasteiger partial charge in [-0.2, -0.15) is 0 Å². The van der Waals surface area contributed by atoms with E-state index in [4.69, 9.17) is 29.3 Å². The summed E-state index contributed by atoms with van der Waals surface area (Å²) in [6.45, 7) is -1.09. The molecule has 10 atom stereocenters. The first-order valence-corrected chi connectivity index (χ1v) is 7.62. The molecule has 2 aliphatic rings. The second-order valence-electron chi connectivity index (χ2n) is 5.85. The lowest BCUT2D eigenvalue weighted by Crippen LogP contribution is -2.64. The van der Waals surface area contributed by atoms with Crippen LogP contribution in [0.1, 0.15) is 0 Å². The van der Waals surface area contributed by atoms with E-state index in [1.54, 1.807) is 0 Å². The Morgan fingerprint density at radius 3 is 1.96 bits per heavy atom. The van der Waals surface area contributed by atoms with Crippen molar-refractivity contribution < 1.29 is 59.7 Å². The summed E-state index contributed by atoms with van der Waals surface area (Å²) in [6.07, 6.45) is -14.5. The fourth-order valence-corrected chi connectivity index (χ4v) is 2.79. The highest BCUT2D eigenvalue weighted by atomic mass is 17.1. The van der Waals surface area contributed by atoms with Crippen LogP contribution in [0.2, 0.25) is 0 Å². The van der Waals surface area contributed by atoms with E-state index in [-0.39, 0.29) is 0 Å². The molecule has 2 saturated heterocycles. The normalized spacial score (nSPS) is 48.5. The van der Waals surface area contributed by atoms with E-state index in [1.165, 1.54) is 7.11 Å². The van der Waals surface area contributed by atoms with E-state index in [9.17, 15) is 25.5 Å². The van der Waals surface area contributed by atoms with Gasteiger partial charge in [-0.1, -0.05) is 0 Å². The highest BCUT2D eigenvalue weighted by Crippen LogP contribution is 2.29. The highest BCUT2D eigenvalue weighted by Gasteiger charge is 2.50. The Labute approximate surface area is 142 Å². The number of methoxy groups -OCH3 is 1. The van der Waals surface area contributed by atoms with Crippen LogP contribution in [0.15, 0.2) is 0 Å². The number of ether oxygens (including phenoxy) is 4. The fourth-order valence-electron chi connectivity index (χ4n) is 2.79. The van der Waals surface area contributed by atoms with Crippen LogP contribution < -0.4 is 0 Å². The van der Waals surface area contributed by atoms with Crippen molar-refractivity contribution in [2.24, 2.45) is 0 Å². The van der Waals surface area contributed by atoms with Crippen LogP contribution in [0, 0.1) is 0 Å². The molecule has 2 heterocycles. The zero-order valence-corrected chi connectivity index (χ0v) is 13.4. The molecule has 0 spiro atoms. The van der Waals surface area contributed by atoms with Gasteiger partial charge in [0.1, 0.15) is 55.4 Å². The van der Waals surface area contributed by atoms with Crippen molar-refractivity contribution in [1.29, 1.82) is 0 Å². The lowest BCUT2D eigenvalue weighted by molar-refractivity contribution is -0.372. The molecule has 0 aromatic rings. The minimum absolute atomic E-state index is 0.440. The van der Waals surface area contributed by atoms with Crippen LogP contribution in [0.25, 0.3) is 0 Å². The summed E-state index contributed by atoms with van der Waals surface area (Å²) in [7, 11) is 1.23. The molecule has 0 aromatic carbocycles. The van der Waals surface area contributed by atoms with Gasteiger partial charge in [0.2, 0.25) is 0 Å². The minimum atomic E-state index is -1.70. The van der Waals surface area contributed by atoms with E-state index in [1.807, 2.05) is 0 Å². The third kappa shape index (κ3) is 4.27. The lowest BCUT2D eigenvalue weighted by Gasteiger charge is -2.45. The maximum Gasteiger partial charge on any atom is 0.187 e. The van der Waals surface area contributed by atoms with Crippen molar-refractivity contribution >= 4 is 0 Å². The SMILES string of the molecule is COC1OC(COO)C(O)C(O)C1OC1OC(CO)C(O)C(O)C1O. The maximum absolute atomic E-state index is 10.2. The molecule has 25 heavy (non-hydrogen) atoms. The first-order valence-electron chi connectivity index (χ1n) is 7.62. The second kappa shape index (κ2) is 8.94. The Hall–Kier alpha value is -0.480. The Morgan fingerprint density at radius 2 is 1.40 bits per heavy atom. The van der Waals surface area contributed by atoms with Crippen molar-refractivity contribution in [2.45, 2.75) is 61.4 Å². The monoisotopic (exact) mass is 372 g/mol. The summed E-state index contributed by atoms with van der Waals surface area (Å²) in [5.74, 6) is 0. The summed E-state index contributed by atoms with van der Waals surface area (Å²) in [5.41, 5.74) is 0. The van der Waals surface area contributed by atoms with Gasteiger partial charge in [-0.3, -0.25) is 5.26 Å². The van der Waals surface area contributed by atoms with E-state index in [2.05, 4.69) is 4.89 Å². The fraction of sp³-hybridized carbons (Fsp3) is 1.00. The zero-order valence-electron chi connectivity index (χ0n) is 13.4. The molecule has 10 unspecified atom stereocenters. The van der Waals surface area contributed by atoms with Crippen molar-refractivity contribution in [2.75, 3.05) is 20.3 Å². The van der Waals surface area contributed by atoms with Gasteiger partial charge in [-0.15, -0.1) is 0 Å². The Kier molecular flexibility index (Phi) is 7.45. The van der Waals surface area contributed by atoms with Crippen molar-refractivity contribution in [3.8, 4) is 0 Å². The first kappa shape index (κ1) is 20.8. The van der Waals surface area contributed by atoms with Crippen molar-refractivity contribution in [3.63, 3.8) is 0 Å². The van der Waals surface area contributed by atoms with Gasteiger partial charge >= 0.3 is 0 Å². The Morgan fingerprint density at radius 1 is 0.800 bits per heavy atom. The Bertz CT molecular complexity index is 406. The van der Waals surface area contributed by atoms with Crippen molar-refractivity contribution in [1.82, 2.24) is 0 Å². The van der Waals surface area contributed by atoms with Gasteiger partial charge in [0.25, 0.3) is 0 Å². The molecule has 0 saturated carbocycles. The van der Waals surface area contributed by atoms with Crippen LogP contribution in [0.4, 0.5) is 0 Å². The number of aliphatic hydroxyl groups is 6. The molecular formula is C13H24O12. The molecule has 148 valence electrons. The van der Waals surface area contributed by atoms with E-state index in [0.717, 1.165) is 0 Å². The van der Waals surface area contributed by atoms with Crippen LogP contribution in [-0.2, 0) is 23.8 Å².